The maximum Gasteiger partial charge on any atom is 0.257 e. The van der Waals surface area contributed by atoms with Crippen LogP contribution < -0.4 is 16.2 Å². The van der Waals surface area contributed by atoms with Crippen molar-refractivity contribution >= 4 is 33.9 Å². The number of aromatic nitrogens is 3. The number of nitrogens with zero attached hydrogens (tertiary/aromatic N) is 4. The van der Waals surface area contributed by atoms with Crippen LogP contribution in [0, 0.1) is 5.95 Å². The van der Waals surface area contributed by atoms with Crippen molar-refractivity contribution in [2.45, 2.75) is 19.9 Å². The lowest BCUT2D eigenvalue weighted by atomic mass is 10.0. The van der Waals surface area contributed by atoms with Crippen molar-refractivity contribution in [3.8, 4) is 22.4 Å². The van der Waals surface area contributed by atoms with E-state index in [9.17, 15) is 9.18 Å². The normalized spacial score (nSPS) is 14.7. The molecule has 1 aromatic carbocycles. The molecule has 4 heterocycles. The van der Waals surface area contributed by atoms with Gasteiger partial charge in [-0.15, -0.1) is 0 Å². The van der Waals surface area contributed by atoms with Crippen LogP contribution in [-0.2, 0) is 0 Å². The number of nitrogens with one attached hydrogen (secondary N) is 1. The van der Waals surface area contributed by atoms with Crippen LogP contribution in [0.25, 0.3) is 33.2 Å². The van der Waals surface area contributed by atoms with Gasteiger partial charge in [0.25, 0.3) is 5.56 Å². The molecule has 9 heteroatoms. The van der Waals surface area contributed by atoms with Crippen LogP contribution in [0.1, 0.15) is 13.8 Å². The molecule has 1 saturated heterocycles. The van der Waals surface area contributed by atoms with Crippen LogP contribution in [0.15, 0.2) is 53.6 Å². The fourth-order valence-electron chi connectivity index (χ4n) is 4.53. The zero-order chi connectivity index (χ0) is 24.7. The Morgan fingerprint density at radius 2 is 1.77 bits per heavy atom. The highest BCUT2D eigenvalue weighted by Gasteiger charge is 2.20. The van der Waals surface area contributed by atoms with Gasteiger partial charge in [0.1, 0.15) is 5.82 Å². The Bertz CT molecular complexity index is 1450. The molecule has 35 heavy (non-hydrogen) atoms. The maximum atomic E-state index is 14.9. The molecule has 0 radical (unpaired) electrons. The van der Waals surface area contributed by atoms with Crippen molar-refractivity contribution in [1.82, 2.24) is 19.9 Å². The second kappa shape index (κ2) is 9.28. The minimum absolute atomic E-state index is 0.0127. The summed E-state index contributed by atoms with van der Waals surface area (Å²) in [7, 11) is 0. The molecule has 3 N–H and O–H groups in total. The first-order chi connectivity index (χ1) is 16.8. The number of nitrogen functional groups attached to an aromatic ring is 1. The van der Waals surface area contributed by atoms with E-state index in [1.807, 2.05) is 24.3 Å². The number of benzene rings is 1. The monoisotopic (exact) mass is 492 g/mol. The molecule has 1 fully saturated rings. The van der Waals surface area contributed by atoms with E-state index in [1.54, 1.807) is 12.1 Å². The Balaban J connectivity index is 1.47. The summed E-state index contributed by atoms with van der Waals surface area (Å²) >= 11 is 6.27. The summed E-state index contributed by atoms with van der Waals surface area (Å²) in [6.07, 6.45) is 2.86. The number of anilines is 2. The van der Waals surface area contributed by atoms with Crippen LogP contribution in [0.4, 0.5) is 15.9 Å². The number of H-pyrrole nitrogens is 1. The molecule has 0 saturated carbocycles. The second-order valence-electron chi connectivity index (χ2n) is 9.00. The highest BCUT2D eigenvalue weighted by Crippen LogP contribution is 2.33. The Labute approximate surface area is 207 Å². The summed E-state index contributed by atoms with van der Waals surface area (Å²) in [5.74, 6) is -0.640. The van der Waals surface area contributed by atoms with Crippen molar-refractivity contribution in [2.75, 3.05) is 36.8 Å². The number of hydrogen-bond donors (Lipinski definition) is 2. The van der Waals surface area contributed by atoms with E-state index in [0.717, 1.165) is 31.9 Å². The summed E-state index contributed by atoms with van der Waals surface area (Å²) in [5, 5.41) is 1.27. The zero-order valence-corrected chi connectivity index (χ0v) is 20.3. The number of aromatic amines is 1. The van der Waals surface area contributed by atoms with Gasteiger partial charge in [-0.05, 0) is 43.7 Å². The minimum atomic E-state index is -0.653. The summed E-state index contributed by atoms with van der Waals surface area (Å²) in [5.41, 5.74) is 8.82. The quantitative estimate of drug-likeness (QED) is 0.406. The maximum absolute atomic E-state index is 14.9. The van der Waals surface area contributed by atoms with Gasteiger partial charge < -0.3 is 15.6 Å². The number of rotatable bonds is 4. The number of pyridine rings is 3. The van der Waals surface area contributed by atoms with Gasteiger partial charge in [0.15, 0.2) is 0 Å². The molecule has 1 aliphatic heterocycles. The Hall–Kier alpha value is -3.49. The van der Waals surface area contributed by atoms with Crippen LogP contribution in [0.3, 0.4) is 0 Å². The molecule has 180 valence electrons. The zero-order valence-electron chi connectivity index (χ0n) is 19.6. The lowest BCUT2D eigenvalue weighted by Crippen LogP contribution is -2.48. The number of hydrogen-bond acceptors (Lipinski definition) is 6. The van der Waals surface area contributed by atoms with Crippen LogP contribution in [-0.4, -0.2) is 52.1 Å². The average Bonchev–Trinajstić information content (AvgIpc) is 2.86. The smallest absolute Gasteiger partial charge is 0.257 e. The fourth-order valence-corrected chi connectivity index (χ4v) is 4.74. The van der Waals surface area contributed by atoms with Crippen LogP contribution in [0.2, 0.25) is 5.02 Å². The van der Waals surface area contributed by atoms with Gasteiger partial charge in [0.2, 0.25) is 5.95 Å². The number of halogens is 2. The van der Waals surface area contributed by atoms with E-state index in [2.05, 4.69) is 38.6 Å². The third kappa shape index (κ3) is 4.47. The predicted octanol–water partition coefficient (Wildman–Crippen LogP) is 4.56. The highest BCUT2D eigenvalue weighted by atomic mass is 35.5. The molecule has 3 aromatic heterocycles. The molecule has 5 rings (SSSR count). The van der Waals surface area contributed by atoms with Gasteiger partial charge in [0, 0.05) is 66.8 Å². The predicted molar refractivity (Wildman–Crippen MR) is 139 cm³/mol. The summed E-state index contributed by atoms with van der Waals surface area (Å²) in [6.45, 7) is 8.39. The van der Waals surface area contributed by atoms with E-state index in [0.29, 0.717) is 44.2 Å². The number of fused-ring (bicyclic) bond motifs is 1. The van der Waals surface area contributed by atoms with Gasteiger partial charge in [-0.25, -0.2) is 4.98 Å². The van der Waals surface area contributed by atoms with Crippen LogP contribution in [0.5, 0.6) is 0 Å². The van der Waals surface area contributed by atoms with E-state index in [4.69, 9.17) is 17.3 Å². The molecule has 0 bridgehead atoms. The first kappa shape index (κ1) is 23.3. The summed E-state index contributed by atoms with van der Waals surface area (Å²) in [4.78, 5) is 27.7. The summed E-state index contributed by atoms with van der Waals surface area (Å²) < 4.78 is 14.9. The van der Waals surface area contributed by atoms with Crippen LogP contribution >= 0.6 is 11.6 Å². The molecule has 7 nitrogen and oxygen atoms in total. The standard InChI is InChI=1S/C26H26ClFN6O/c1-15(2)33-7-9-34(10-8-33)17-5-3-16(4-6-17)18-11-20(25(29)32-24(18)28)23-12-19-21(13-30-23)26(35)31-14-22(19)27/h3-6,11-15H,7-10H2,1-2H3,(H2,29,32)(H,31,35). The lowest BCUT2D eigenvalue weighted by Gasteiger charge is -2.38. The first-order valence-corrected chi connectivity index (χ1v) is 11.9. The van der Waals surface area contributed by atoms with Gasteiger partial charge >= 0.3 is 0 Å². The Morgan fingerprint density at radius 3 is 2.46 bits per heavy atom. The molecular weight excluding hydrogens is 467 g/mol. The largest absolute Gasteiger partial charge is 0.383 e. The van der Waals surface area contributed by atoms with Gasteiger partial charge in [-0.2, -0.15) is 4.39 Å². The number of nitrogens with two attached hydrogens (primary N) is 1. The third-order valence-electron chi connectivity index (χ3n) is 6.61. The second-order valence-corrected chi connectivity index (χ2v) is 9.41. The minimum Gasteiger partial charge on any atom is -0.383 e. The van der Waals surface area contributed by atoms with Gasteiger partial charge in [0.05, 0.1) is 16.1 Å². The summed E-state index contributed by atoms with van der Waals surface area (Å²) in [6, 6.07) is 11.7. The molecule has 0 amide bonds. The third-order valence-corrected chi connectivity index (χ3v) is 6.92. The highest BCUT2D eigenvalue weighted by molar-refractivity contribution is 6.35. The Kier molecular flexibility index (Phi) is 6.17. The van der Waals surface area contributed by atoms with Crippen molar-refractivity contribution in [1.29, 1.82) is 0 Å². The molecule has 1 aliphatic rings. The first-order valence-electron chi connectivity index (χ1n) is 11.5. The van der Waals surface area contributed by atoms with E-state index in [1.165, 1.54) is 12.4 Å². The number of piperazine rings is 1. The van der Waals surface area contributed by atoms with Gasteiger partial charge in [-0.3, -0.25) is 14.7 Å². The molecule has 0 atom stereocenters. The van der Waals surface area contributed by atoms with Gasteiger partial charge in [-0.1, -0.05) is 23.7 Å². The molecular formula is C26H26ClFN6O. The topological polar surface area (TPSA) is 91.1 Å². The van der Waals surface area contributed by atoms with Crippen molar-refractivity contribution in [2.24, 2.45) is 0 Å². The molecule has 0 unspecified atom stereocenters. The Morgan fingerprint density at radius 1 is 1.06 bits per heavy atom. The van der Waals surface area contributed by atoms with E-state index < -0.39 is 5.95 Å². The molecule has 4 aromatic rings. The van der Waals surface area contributed by atoms with E-state index in [-0.39, 0.29) is 11.4 Å². The van der Waals surface area contributed by atoms with Crippen molar-refractivity contribution < 1.29 is 4.39 Å². The average molecular weight is 493 g/mol. The molecule has 0 aliphatic carbocycles. The lowest BCUT2D eigenvalue weighted by molar-refractivity contribution is 0.209. The van der Waals surface area contributed by atoms with Crippen molar-refractivity contribution in [3.05, 3.63) is 70.1 Å². The molecule has 0 spiro atoms. The SMILES string of the molecule is CC(C)N1CCN(c2ccc(-c3cc(-c4cc5c(Cl)c[nH]c(=O)c5cn4)c(N)nc3F)cc2)CC1. The van der Waals surface area contributed by atoms with E-state index >= 15 is 0 Å². The van der Waals surface area contributed by atoms with Crippen molar-refractivity contribution in [3.63, 3.8) is 0 Å². The fraction of sp³-hybridized carbons (Fsp3) is 0.269.